The number of rotatable bonds is 10. The van der Waals surface area contributed by atoms with Crippen molar-refractivity contribution in [2.24, 2.45) is 0 Å². The maximum Gasteiger partial charge on any atom is 0.125 e. The smallest absolute Gasteiger partial charge is 0.125 e. The van der Waals surface area contributed by atoms with Gasteiger partial charge in [0.15, 0.2) is 0 Å². The van der Waals surface area contributed by atoms with E-state index in [2.05, 4.69) is 11.6 Å². The van der Waals surface area contributed by atoms with E-state index >= 15 is 0 Å². The molecule has 0 aliphatic heterocycles. The maximum atomic E-state index is 6.23. The number of methoxy groups -OCH3 is 1. The maximum absolute atomic E-state index is 6.23. The number of nitrogens with one attached hydrogen (secondary N) is 1. The second-order valence-electron chi connectivity index (χ2n) is 4.08. The fourth-order valence-corrected chi connectivity index (χ4v) is 2.26. The van der Waals surface area contributed by atoms with Crippen molar-refractivity contribution in [2.45, 2.75) is 13.0 Å². The van der Waals surface area contributed by atoms with Crippen molar-refractivity contribution in [1.29, 1.82) is 0 Å². The van der Waals surface area contributed by atoms with Crippen LogP contribution in [-0.2, 0) is 11.3 Å². The third-order valence-electron chi connectivity index (χ3n) is 2.61. The molecule has 19 heavy (non-hydrogen) atoms. The van der Waals surface area contributed by atoms with Crippen molar-refractivity contribution >= 4 is 23.4 Å². The molecule has 0 aromatic heterocycles. The predicted octanol–water partition coefficient (Wildman–Crippen LogP) is 3.21. The Kier molecular flexibility index (Phi) is 9.08. The normalized spacial score (nSPS) is 10.7. The van der Waals surface area contributed by atoms with Gasteiger partial charge in [0.05, 0.1) is 13.2 Å². The Hall–Kier alpha value is -0.420. The van der Waals surface area contributed by atoms with E-state index in [1.54, 1.807) is 7.11 Å². The summed E-state index contributed by atoms with van der Waals surface area (Å²) in [5.74, 6) is 1.99. The van der Waals surface area contributed by atoms with Crippen LogP contribution < -0.4 is 10.1 Å². The minimum Gasteiger partial charge on any atom is -0.493 e. The van der Waals surface area contributed by atoms with Crippen LogP contribution in [0.15, 0.2) is 18.2 Å². The van der Waals surface area contributed by atoms with E-state index in [4.69, 9.17) is 21.1 Å². The molecule has 0 radical (unpaired) electrons. The third kappa shape index (κ3) is 6.52. The fourth-order valence-electron chi connectivity index (χ4n) is 1.62. The Morgan fingerprint density at radius 3 is 2.89 bits per heavy atom. The summed E-state index contributed by atoms with van der Waals surface area (Å²) in [6, 6.07) is 5.78. The summed E-state index contributed by atoms with van der Waals surface area (Å²) in [5.41, 5.74) is 1.02. The van der Waals surface area contributed by atoms with Gasteiger partial charge in [0.25, 0.3) is 0 Å². The highest BCUT2D eigenvalue weighted by Crippen LogP contribution is 2.26. The molecule has 0 fully saturated rings. The highest BCUT2D eigenvalue weighted by molar-refractivity contribution is 7.98. The van der Waals surface area contributed by atoms with Crippen LogP contribution in [0.5, 0.6) is 5.75 Å². The van der Waals surface area contributed by atoms with Crippen LogP contribution >= 0.6 is 23.4 Å². The Labute approximate surface area is 125 Å². The average Bonchev–Trinajstić information content (AvgIpc) is 2.42. The van der Waals surface area contributed by atoms with Crippen LogP contribution in [0.4, 0.5) is 0 Å². The van der Waals surface area contributed by atoms with E-state index in [1.165, 1.54) is 0 Å². The van der Waals surface area contributed by atoms with Gasteiger partial charge in [-0.05, 0) is 30.6 Å². The molecule has 1 rings (SSSR count). The van der Waals surface area contributed by atoms with Crippen molar-refractivity contribution in [1.82, 2.24) is 5.32 Å². The van der Waals surface area contributed by atoms with E-state index in [9.17, 15) is 0 Å². The quantitative estimate of drug-likeness (QED) is 0.672. The molecule has 1 aromatic carbocycles. The van der Waals surface area contributed by atoms with Gasteiger partial charge in [-0.3, -0.25) is 0 Å². The molecule has 0 unspecified atom stereocenters. The first kappa shape index (κ1) is 16.6. The van der Waals surface area contributed by atoms with Crippen molar-refractivity contribution in [3.63, 3.8) is 0 Å². The number of benzene rings is 1. The molecule has 1 N–H and O–H groups in total. The summed E-state index contributed by atoms with van der Waals surface area (Å²) in [6.07, 6.45) is 3.15. The number of hydrogen-bond acceptors (Lipinski definition) is 4. The molecule has 0 aliphatic rings. The van der Waals surface area contributed by atoms with Crippen LogP contribution in [0.25, 0.3) is 0 Å². The van der Waals surface area contributed by atoms with Gasteiger partial charge < -0.3 is 14.8 Å². The molecule has 0 bridgehead atoms. The van der Waals surface area contributed by atoms with Crippen LogP contribution in [0.3, 0.4) is 0 Å². The molecular formula is C14H22ClNO2S. The molecule has 0 amide bonds. The second kappa shape index (κ2) is 10.4. The zero-order valence-electron chi connectivity index (χ0n) is 11.6. The zero-order chi connectivity index (χ0) is 13.9. The molecule has 0 saturated heterocycles. The van der Waals surface area contributed by atoms with E-state index in [1.807, 2.05) is 30.0 Å². The molecule has 0 spiro atoms. The van der Waals surface area contributed by atoms with Crippen molar-refractivity contribution in [2.75, 3.05) is 38.9 Å². The van der Waals surface area contributed by atoms with E-state index in [-0.39, 0.29) is 0 Å². The molecule has 3 nitrogen and oxygen atoms in total. The van der Waals surface area contributed by atoms with Crippen LogP contribution in [0, 0.1) is 0 Å². The van der Waals surface area contributed by atoms with E-state index < -0.39 is 0 Å². The Morgan fingerprint density at radius 2 is 2.16 bits per heavy atom. The lowest BCUT2D eigenvalue weighted by Crippen LogP contribution is -2.19. The van der Waals surface area contributed by atoms with Crippen LogP contribution in [0.2, 0.25) is 5.02 Å². The highest BCUT2D eigenvalue weighted by atomic mass is 35.5. The summed E-state index contributed by atoms with van der Waals surface area (Å²) in [4.78, 5) is 0. The van der Waals surface area contributed by atoms with E-state index in [0.717, 1.165) is 41.7 Å². The summed E-state index contributed by atoms with van der Waals surface area (Å²) < 4.78 is 10.8. The van der Waals surface area contributed by atoms with Crippen molar-refractivity contribution < 1.29 is 9.47 Å². The highest BCUT2D eigenvalue weighted by Gasteiger charge is 2.07. The minimum absolute atomic E-state index is 0.689. The number of thioether (sulfide) groups is 1. The largest absolute Gasteiger partial charge is 0.493 e. The second-order valence-corrected chi connectivity index (χ2v) is 5.47. The average molecular weight is 304 g/mol. The molecule has 0 atom stereocenters. The van der Waals surface area contributed by atoms with Crippen molar-refractivity contribution in [3.8, 4) is 5.75 Å². The zero-order valence-corrected chi connectivity index (χ0v) is 13.1. The minimum atomic E-state index is 0.689. The lowest BCUT2D eigenvalue weighted by atomic mass is 10.2. The van der Waals surface area contributed by atoms with Crippen LogP contribution in [-0.4, -0.2) is 38.9 Å². The predicted molar refractivity (Wildman–Crippen MR) is 83.5 cm³/mol. The van der Waals surface area contributed by atoms with Gasteiger partial charge >= 0.3 is 0 Å². The molecule has 5 heteroatoms. The van der Waals surface area contributed by atoms with Gasteiger partial charge in [-0.25, -0.2) is 0 Å². The molecule has 1 aromatic rings. The SMILES string of the molecule is COCCNCc1c(Cl)cccc1OCCCSC. The third-order valence-corrected chi connectivity index (χ3v) is 3.66. The van der Waals surface area contributed by atoms with Gasteiger partial charge in [-0.1, -0.05) is 17.7 Å². The first-order chi connectivity index (χ1) is 9.29. The molecule has 0 saturated carbocycles. The Morgan fingerprint density at radius 1 is 1.32 bits per heavy atom. The molecule has 108 valence electrons. The standard InChI is InChI=1S/C14H22ClNO2S/c1-17-9-7-16-11-12-13(15)5-3-6-14(12)18-8-4-10-19-2/h3,5-6,16H,4,7-11H2,1-2H3. The molecular weight excluding hydrogens is 282 g/mol. The van der Waals surface area contributed by atoms with E-state index in [0.29, 0.717) is 13.2 Å². The number of halogens is 1. The van der Waals surface area contributed by atoms with Crippen molar-refractivity contribution in [3.05, 3.63) is 28.8 Å². The summed E-state index contributed by atoms with van der Waals surface area (Å²) in [7, 11) is 1.69. The van der Waals surface area contributed by atoms with Gasteiger partial charge in [0.1, 0.15) is 5.75 Å². The first-order valence-electron chi connectivity index (χ1n) is 6.38. The molecule has 0 aliphatic carbocycles. The topological polar surface area (TPSA) is 30.5 Å². The summed E-state index contributed by atoms with van der Waals surface area (Å²) in [5, 5.41) is 4.03. The monoisotopic (exact) mass is 303 g/mol. The summed E-state index contributed by atoms with van der Waals surface area (Å²) >= 11 is 8.06. The van der Waals surface area contributed by atoms with Gasteiger partial charge in [-0.15, -0.1) is 0 Å². The van der Waals surface area contributed by atoms with Crippen LogP contribution in [0.1, 0.15) is 12.0 Å². The Bertz CT molecular complexity index is 363. The molecule has 0 heterocycles. The van der Waals surface area contributed by atoms with Gasteiger partial charge in [-0.2, -0.15) is 11.8 Å². The lowest BCUT2D eigenvalue weighted by Gasteiger charge is -2.13. The summed E-state index contributed by atoms with van der Waals surface area (Å²) in [6.45, 7) is 2.91. The number of ether oxygens (including phenoxy) is 2. The first-order valence-corrected chi connectivity index (χ1v) is 8.15. The Balaban J connectivity index is 2.51. The lowest BCUT2D eigenvalue weighted by molar-refractivity contribution is 0.199. The van der Waals surface area contributed by atoms with Gasteiger partial charge in [0, 0.05) is 30.8 Å². The fraction of sp³-hybridized carbons (Fsp3) is 0.571. The van der Waals surface area contributed by atoms with Gasteiger partial charge in [0.2, 0.25) is 0 Å². The number of hydrogen-bond donors (Lipinski definition) is 1.